The minimum Gasteiger partial charge on any atom is -0.473 e. The lowest BCUT2D eigenvalue weighted by Gasteiger charge is -2.04. The first kappa shape index (κ1) is 15.6. The lowest BCUT2D eigenvalue weighted by molar-refractivity contribution is 0.276. The summed E-state index contributed by atoms with van der Waals surface area (Å²) < 4.78 is 13.3. The molecule has 5 nitrogen and oxygen atoms in total. The van der Waals surface area contributed by atoms with Gasteiger partial charge in [-0.25, -0.2) is 4.68 Å². The first-order valence-electron chi connectivity index (χ1n) is 7.38. The predicted octanol–water partition coefficient (Wildman–Crippen LogP) is 2.95. The Kier molecular flexibility index (Phi) is 5.07. The van der Waals surface area contributed by atoms with Crippen LogP contribution in [0.25, 0.3) is 0 Å². The maximum Gasteiger partial charge on any atom is 0.212 e. The van der Waals surface area contributed by atoms with E-state index in [4.69, 9.17) is 9.15 Å². The molecule has 2 rings (SSSR count). The van der Waals surface area contributed by atoms with Crippen LogP contribution in [0, 0.1) is 19.8 Å². The van der Waals surface area contributed by atoms with Crippen molar-refractivity contribution in [2.45, 2.75) is 40.8 Å². The second-order valence-corrected chi connectivity index (χ2v) is 5.86. The molecule has 0 aliphatic rings. The zero-order valence-corrected chi connectivity index (χ0v) is 13.6. The third-order valence-electron chi connectivity index (χ3n) is 3.26. The number of hydrogen-bond acceptors (Lipinski definition) is 4. The van der Waals surface area contributed by atoms with Crippen LogP contribution in [-0.4, -0.2) is 16.3 Å². The number of ether oxygens (including phenoxy) is 1. The van der Waals surface area contributed by atoms with Crippen LogP contribution in [-0.2, 0) is 20.2 Å². The van der Waals surface area contributed by atoms with Crippen LogP contribution in [0.2, 0.25) is 0 Å². The summed E-state index contributed by atoms with van der Waals surface area (Å²) in [6.45, 7) is 10.5. The number of furan rings is 1. The van der Waals surface area contributed by atoms with Crippen molar-refractivity contribution in [1.82, 2.24) is 15.1 Å². The highest BCUT2D eigenvalue weighted by Crippen LogP contribution is 2.18. The van der Waals surface area contributed by atoms with Crippen molar-refractivity contribution in [2.24, 2.45) is 13.0 Å². The molecule has 0 bridgehead atoms. The van der Waals surface area contributed by atoms with Gasteiger partial charge in [-0.15, -0.1) is 0 Å². The molecule has 0 aromatic carbocycles. The second-order valence-electron chi connectivity index (χ2n) is 5.86. The zero-order chi connectivity index (χ0) is 15.4. The fourth-order valence-electron chi connectivity index (χ4n) is 2.18. The summed E-state index contributed by atoms with van der Waals surface area (Å²) in [7, 11) is 1.88. The molecule has 0 unspecified atom stereocenters. The fraction of sp³-hybridized carbons (Fsp3) is 0.562. The summed E-state index contributed by atoms with van der Waals surface area (Å²) >= 11 is 0. The zero-order valence-electron chi connectivity index (χ0n) is 13.6. The van der Waals surface area contributed by atoms with Gasteiger partial charge in [0.1, 0.15) is 18.1 Å². The van der Waals surface area contributed by atoms with Crippen LogP contribution in [0.1, 0.15) is 36.6 Å². The van der Waals surface area contributed by atoms with E-state index in [1.54, 1.807) is 4.68 Å². The molecule has 0 amide bonds. The van der Waals surface area contributed by atoms with E-state index in [1.165, 1.54) is 0 Å². The number of nitrogens with zero attached hydrogens (tertiary/aromatic N) is 2. The normalized spacial score (nSPS) is 11.3. The van der Waals surface area contributed by atoms with Gasteiger partial charge >= 0.3 is 0 Å². The third kappa shape index (κ3) is 4.36. The minimum absolute atomic E-state index is 0.498. The van der Waals surface area contributed by atoms with E-state index in [0.29, 0.717) is 12.5 Å². The van der Waals surface area contributed by atoms with Crippen LogP contribution in [0.15, 0.2) is 16.5 Å². The Labute approximate surface area is 126 Å². The van der Waals surface area contributed by atoms with Gasteiger partial charge in [0, 0.05) is 18.7 Å². The molecule has 1 N–H and O–H groups in total. The molecular weight excluding hydrogens is 266 g/mol. The van der Waals surface area contributed by atoms with Gasteiger partial charge in [-0.2, -0.15) is 5.10 Å². The summed E-state index contributed by atoms with van der Waals surface area (Å²) in [6, 6.07) is 3.99. The topological polar surface area (TPSA) is 52.2 Å². The largest absolute Gasteiger partial charge is 0.473 e. The Morgan fingerprint density at radius 2 is 2.10 bits per heavy atom. The highest BCUT2D eigenvalue weighted by molar-refractivity contribution is 5.21. The van der Waals surface area contributed by atoms with E-state index in [-0.39, 0.29) is 0 Å². The molecule has 0 aliphatic heterocycles. The number of hydrogen-bond donors (Lipinski definition) is 1. The van der Waals surface area contributed by atoms with Crippen molar-refractivity contribution < 1.29 is 9.15 Å². The molecule has 116 valence electrons. The van der Waals surface area contributed by atoms with Crippen LogP contribution in [0.5, 0.6) is 5.88 Å². The first-order valence-corrected chi connectivity index (χ1v) is 7.38. The fourth-order valence-corrected chi connectivity index (χ4v) is 2.18. The Balaban J connectivity index is 1.91. The summed E-state index contributed by atoms with van der Waals surface area (Å²) in [5.74, 6) is 3.27. The molecule has 0 saturated heterocycles. The monoisotopic (exact) mass is 291 g/mol. The molecule has 0 radical (unpaired) electrons. The Hall–Kier alpha value is -1.75. The van der Waals surface area contributed by atoms with Crippen LogP contribution < -0.4 is 10.1 Å². The molecule has 2 heterocycles. The van der Waals surface area contributed by atoms with Gasteiger partial charge in [-0.3, -0.25) is 0 Å². The highest BCUT2D eigenvalue weighted by Gasteiger charge is 2.10. The lowest BCUT2D eigenvalue weighted by atomic mass is 10.2. The molecule has 0 fully saturated rings. The van der Waals surface area contributed by atoms with Gasteiger partial charge < -0.3 is 14.5 Å². The van der Waals surface area contributed by atoms with Crippen molar-refractivity contribution in [1.29, 1.82) is 0 Å². The van der Waals surface area contributed by atoms with E-state index in [2.05, 4.69) is 30.3 Å². The van der Waals surface area contributed by atoms with Crippen LogP contribution in [0.4, 0.5) is 0 Å². The number of aryl methyl sites for hydroxylation is 3. The molecule has 5 heteroatoms. The van der Waals surface area contributed by atoms with Gasteiger partial charge in [0.15, 0.2) is 0 Å². The predicted molar refractivity (Wildman–Crippen MR) is 82.3 cm³/mol. The maximum absolute atomic E-state index is 5.80. The Morgan fingerprint density at radius 1 is 1.33 bits per heavy atom. The van der Waals surface area contributed by atoms with Crippen molar-refractivity contribution in [2.75, 3.05) is 6.54 Å². The van der Waals surface area contributed by atoms with Crippen molar-refractivity contribution in [3.63, 3.8) is 0 Å². The molecule has 0 spiro atoms. The van der Waals surface area contributed by atoms with Gasteiger partial charge in [0.2, 0.25) is 5.88 Å². The number of nitrogens with one attached hydrogen (secondary N) is 1. The molecule has 2 aromatic heterocycles. The smallest absolute Gasteiger partial charge is 0.212 e. The van der Waals surface area contributed by atoms with Crippen LogP contribution >= 0.6 is 0 Å². The number of rotatable bonds is 7. The van der Waals surface area contributed by atoms with Gasteiger partial charge in [0.05, 0.1) is 12.2 Å². The summed E-state index contributed by atoms with van der Waals surface area (Å²) in [5, 5.41) is 7.65. The van der Waals surface area contributed by atoms with Crippen LogP contribution in [0.3, 0.4) is 0 Å². The first-order chi connectivity index (χ1) is 9.95. The molecule has 2 aromatic rings. The van der Waals surface area contributed by atoms with E-state index in [1.807, 2.05) is 27.0 Å². The molecular formula is C16H25N3O2. The molecule has 0 aliphatic carbocycles. The standard InChI is InChI=1S/C16H25N3O2/c1-11(2)8-17-9-15-7-14(13(4)21-15)10-20-16-6-12(3)18-19(16)5/h6-7,11,17H,8-10H2,1-5H3. The van der Waals surface area contributed by atoms with Crippen molar-refractivity contribution >= 4 is 0 Å². The highest BCUT2D eigenvalue weighted by atomic mass is 16.5. The molecule has 0 saturated carbocycles. The average molecular weight is 291 g/mol. The third-order valence-corrected chi connectivity index (χ3v) is 3.26. The Morgan fingerprint density at radius 3 is 2.71 bits per heavy atom. The lowest BCUT2D eigenvalue weighted by Crippen LogP contribution is -2.18. The van der Waals surface area contributed by atoms with E-state index < -0.39 is 0 Å². The minimum atomic E-state index is 0.498. The number of aromatic nitrogens is 2. The summed E-state index contributed by atoms with van der Waals surface area (Å²) in [6.07, 6.45) is 0. The molecule has 0 atom stereocenters. The van der Waals surface area contributed by atoms with E-state index >= 15 is 0 Å². The van der Waals surface area contributed by atoms with Gasteiger partial charge in [-0.05, 0) is 32.4 Å². The van der Waals surface area contributed by atoms with Gasteiger partial charge in [-0.1, -0.05) is 13.8 Å². The van der Waals surface area contributed by atoms with Crippen molar-refractivity contribution in [3.05, 3.63) is 34.9 Å². The average Bonchev–Trinajstić information content (AvgIpc) is 2.89. The van der Waals surface area contributed by atoms with E-state index in [0.717, 1.165) is 41.7 Å². The maximum atomic E-state index is 5.80. The quantitative estimate of drug-likeness (QED) is 0.852. The molecule has 21 heavy (non-hydrogen) atoms. The SMILES string of the molecule is Cc1cc(OCc2cc(CNCC(C)C)oc2C)n(C)n1. The Bertz CT molecular complexity index is 584. The summed E-state index contributed by atoms with van der Waals surface area (Å²) in [4.78, 5) is 0. The van der Waals surface area contributed by atoms with E-state index in [9.17, 15) is 0 Å². The van der Waals surface area contributed by atoms with Gasteiger partial charge in [0.25, 0.3) is 0 Å². The van der Waals surface area contributed by atoms with Crippen molar-refractivity contribution in [3.8, 4) is 5.88 Å². The summed E-state index contributed by atoms with van der Waals surface area (Å²) in [5.41, 5.74) is 2.03. The second kappa shape index (κ2) is 6.80.